The van der Waals surface area contributed by atoms with Crippen LogP contribution < -0.4 is 0 Å². The van der Waals surface area contributed by atoms with Gasteiger partial charge in [-0.05, 0) is 80.8 Å². The first-order chi connectivity index (χ1) is 31.8. The van der Waals surface area contributed by atoms with Crippen LogP contribution in [0.1, 0.15) is 0 Å². The summed E-state index contributed by atoms with van der Waals surface area (Å²) in [5.74, 6) is 0.690. The minimum Gasteiger partial charge on any atom is -0.308 e. The first kappa shape index (κ1) is 35.0. The molecule has 296 valence electrons. The van der Waals surface area contributed by atoms with Crippen molar-refractivity contribution in [2.75, 3.05) is 0 Å². The first-order valence-corrected chi connectivity index (χ1v) is 21.9. The molecule has 0 saturated carbocycles. The zero-order valence-corrected chi connectivity index (χ0v) is 34.6. The molecule has 0 amide bonds. The van der Waals surface area contributed by atoms with Crippen LogP contribution >= 0.6 is 0 Å². The average Bonchev–Trinajstić information content (AvgIpc) is 3.87. The standard InChI is InChI=1S/C60H36N4/c1-4-20-41-38(18-1)34-50(45-24-8-7-23-44(41)45)58-48-27-9-13-29-51(48)61-60(62-58)40-33-37-17-2-5-21-42(37)55(36-40)63-54-32-16-12-28-49(54)57-56(63)35-39-19-3-6-22-43(39)59(57)64-52-30-14-10-25-46(52)47-26-11-15-31-53(47)64/h1-36H. The van der Waals surface area contributed by atoms with Crippen LogP contribution in [0.15, 0.2) is 218 Å². The van der Waals surface area contributed by atoms with E-state index in [-0.39, 0.29) is 0 Å². The lowest BCUT2D eigenvalue weighted by molar-refractivity contribution is 1.18. The number of nitrogens with zero attached hydrogens (tertiary/aromatic N) is 4. The molecule has 0 aliphatic heterocycles. The Kier molecular flexibility index (Phi) is 7.36. The lowest BCUT2D eigenvalue weighted by Gasteiger charge is -2.17. The van der Waals surface area contributed by atoms with E-state index in [1.165, 1.54) is 70.6 Å². The van der Waals surface area contributed by atoms with Gasteiger partial charge in [-0.2, -0.15) is 0 Å². The fraction of sp³-hybridized carbons (Fsp3) is 0. The maximum Gasteiger partial charge on any atom is 0.160 e. The molecule has 0 atom stereocenters. The Balaban J connectivity index is 1.09. The van der Waals surface area contributed by atoms with E-state index in [4.69, 9.17) is 9.97 Å². The number of benzene rings is 11. The van der Waals surface area contributed by atoms with Gasteiger partial charge in [-0.15, -0.1) is 0 Å². The van der Waals surface area contributed by atoms with E-state index >= 15 is 0 Å². The fourth-order valence-corrected chi connectivity index (χ4v) is 10.7. The Morgan fingerprint density at radius 1 is 0.312 bits per heavy atom. The summed E-state index contributed by atoms with van der Waals surface area (Å²) in [6.07, 6.45) is 0. The smallest absolute Gasteiger partial charge is 0.160 e. The van der Waals surface area contributed by atoms with E-state index in [0.29, 0.717) is 5.82 Å². The van der Waals surface area contributed by atoms with Crippen molar-refractivity contribution in [3.8, 4) is 34.0 Å². The molecule has 0 radical (unpaired) electrons. The highest BCUT2D eigenvalue weighted by Gasteiger charge is 2.24. The maximum atomic E-state index is 5.58. The Bertz CT molecular complexity index is 4210. The number of para-hydroxylation sites is 4. The second kappa shape index (κ2) is 13.4. The molecule has 0 saturated heterocycles. The number of hydrogen-bond acceptors (Lipinski definition) is 2. The summed E-state index contributed by atoms with van der Waals surface area (Å²) in [4.78, 5) is 10.9. The van der Waals surface area contributed by atoms with Gasteiger partial charge in [-0.3, -0.25) is 0 Å². The molecule has 0 aliphatic rings. The predicted octanol–water partition coefficient (Wildman–Crippen LogP) is 15.8. The van der Waals surface area contributed by atoms with Crippen molar-refractivity contribution in [3.63, 3.8) is 0 Å². The van der Waals surface area contributed by atoms with Crippen LogP contribution in [-0.2, 0) is 0 Å². The highest BCUT2D eigenvalue weighted by Crippen LogP contribution is 2.45. The van der Waals surface area contributed by atoms with Gasteiger partial charge in [0.15, 0.2) is 5.82 Å². The van der Waals surface area contributed by atoms with Crippen LogP contribution in [0.2, 0.25) is 0 Å². The highest BCUT2D eigenvalue weighted by molar-refractivity contribution is 6.23. The molecular weight excluding hydrogens is 777 g/mol. The molecule has 0 fully saturated rings. The third-order valence-electron chi connectivity index (χ3n) is 13.4. The molecule has 0 spiro atoms. The Morgan fingerprint density at radius 3 is 1.52 bits per heavy atom. The largest absolute Gasteiger partial charge is 0.308 e. The van der Waals surface area contributed by atoms with Crippen LogP contribution in [0.5, 0.6) is 0 Å². The molecule has 4 heteroatoms. The first-order valence-electron chi connectivity index (χ1n) is 21.9. The van der Waals surface area contributed by atoms with Gasteiger partial charge in [0.25, 0.3) is 0 Å². The van der Waals surface area contributed by atoms with E-state index in [1.807, 2.05) is 0 Å². The molecule has 64 heavy (non-hydrogen) atoms. The predicted molar refractivity (Wildman–Crippen MR) is 269 cm³/mol. The van der Waals surface area contributed by atoms with Gasteiger partial charge in [0.05, 0.1) is 44.7 Å². The van der Waals surface area contributed by atoms with Crippen molar-refractivity contribution in [3.05, 3.63) is 218 Å². The van der Waals surface area contributed by atoms with Crippen LogP contribution in [0, 0.1) is 0 Å². The molecule has 11 aromatic carbocycles. The average molecular weight is 813 g/mol. The van der Waals surface area contributed by atoms with Crippen molar-refractivity contribution in [2.24, 2.45) is 0 Å². The monoisotopic (exact) mass is 812 g/mol. The van der Waals surface area contributed by atoms with Crippen molar-refractivity contribution >= 4 is 97.6 Å². The summed E-state index contributed by atoms with van der Waals surface area (Å²) in [6, 6.07) is 79.2. The summed E-state index contributed by atoms with van der Waals surface area (Å²) in [6.45, 7) is 0. The van der Waals surface area contributed by atoms with E-state index in [2.05, 4.69) is 228 Å². The number of rotatable bonds is 4. The van der Waals surface area contributed by atoms with Gasteiger partial charge >= 0.3 is 0 Å². The van der Waals surface area contributed by atoms with Gasteiger partial charge in [-0.1, -0.05) is 170 Å². The summed E-state index contributed by atoms with van der Waals surface area (Å²) >= 11 is 0. The second-order valence-electron chi connectivity index (χ2n) is 16.9. The fourth-order valence-electron chi connectivity index (χ4n) is 10.7. The number of fused-ring (bicyclic) bond motifs is 12. The normalized spacial score (nSPS) is 12.1. The molecule has 14 aromatic rings. The molecule has 3 aromatic heterocycles. The van der Waals surface area contributed by atoms with Crippen molar-refractivity contribution in [1.29, 1.82) is 0 Å². The van der Waals surface area contributed by atoms with E-state index in [9.17, 15) is 0 Å². The van der Waals surface area contributed by atoms with E-state index < -0.39 is 0 Å². The molecule has 4 nitrogen and oxygen atoms in total. The van der Waals surface area contributed by atoms with Crippen molar-refractivity contribution in [2.45, 2.75) is 0 Å². The molecule has 3 heterocycles. The topological polar surface area (TPSA) is 35.6 Å². The van der Waals surface area contributed by atoms with Crippen LogP contribution in [0.3, 0.4) is 0 Å². The van der Waals surface area contributed by atoms with E-state index in [1.54, 1.807) is 0 Å². The third-order valence-corrected chi connectivity index (χ3v) is 13.4. The Hall–Kier alpha value is -8.60. The van der Waals surface area contributed by atoms with Gasteiger partial charge in [-0.25, -0.2) is 9.97 Å². The lowest BCUT2D eigenvalue weighted by Crippen LogP contribution is -2.00. The third kappa shape index (κ3) is 4.99. The molecule has 0 bridgehead atoms. The maximum absolute atomic E-state index is 5.58. The van der Waals surface area contributed by atoms with Crippen LogP contribution in [0.25, 0.3) is 132 Å². The van der Waals surface area contributed by atoms with Crippen molar-refractivity contribution in [1.82, 2.24) is 19.1 Å². The molecule has 0 aliphatic carbocycles. The van der Waals surface area contributed by atoms with Crippen LogP contribution in [-0.4, -0.2) is 19.1 Å². The van der Waals surface area contributed by atoms with Gasteiger partial charge in [0.1, 0.15) is 0 Å². The quantitative estimate of drug-likeness (QED) is 0.166. The Labute approximate surface area is 367 Å². The summed E-state index contributed by atoms with van der Waals surface area (Å²) in [5.41, 5.74) is 10.8. The lowest BCUT2D eigenvalue weighted by atomic mass is 9.94. The zero-order chi connectivity index (χ0) is 41.9. The molecule has 0 N–H and O–H groups in total. The van der Waals surface area contributed by atoms with E-state index in [0.717, 1.165) is 55.2 Å². The highest BCUT2D eigenvalue weighted by atomic mass is 15.0. The molecule has 0 unspecified atom stereocenters. The molecule has 14 rings (SSSR count). The summed E-state index contributed by atoms with van der Waals surface area (Å²) in [5, 5.41) is 15.4. The minimum atomic E-state index is 0.690. The van der Waals surface area contributed by atoms with Crippen LogP contribution in [0.4, 0.5) is 0 Å². The molecular formula is C60H36N4. The number of hydrogen-bond donors (Lipinski definition) is 0. The number of aromatic nitrogens is 4. The van der Waals surface area contributed by atoms with Gasteiger partial charge < -0.3 is 9.13 Å². The van der Waals surface area contributed by atoms with Gasteiger partial charge in [0.2, 0.25) is 0 Å². The SMILES string of the molecule is c1ccc2c(-n3c4ccccc4c4c(-n5c6ccccc6c6ccccc65)c5ccccc5cc43)cc(-c3nc(-c4cc5ccccc5c5ccccc45)c4ccccc4n3)cc2c1. The Morgan fingerprint density at radius 2 is 0.812 bits per heavy atom. The minimum absolute atomic E-state index is 0.690. The summed E-state index contributed by atoms with van der Waals surface area (Å²) < 4.78 is 4.99. The second-order valence-corrected chi connectivity index (χ2v) is 16.9. The zero-order valence-electron chi connectivity index (χ0n) is 34.6. The van der Waals surface area contributed by atoms with Crippen molar-refractivity contribution < 1.29 is 0 Å². The van der Waals surface area contributed by atoms with Gasteiger partial charge in [0, 0.05) is 48.8 Å². The summed E-state index contributed by atoms with van der Waals surface area (Å²) in [7, 11) is 0.